The molecule has 0 aliphatic carbocycles. The molecule has 1 aliphatic heterocycles. The first-order chi connectivity index (χ1) is 14.2. The number of carbonyl (C=O) groups is 1. The van der Waals surface area contributed by atoms with Crippen LogP contribution in [-0.4, -0.2) is 56.2 Å². The van der Waals surface area contributed by atoms with Crippen LogP contribution in [0.1, 0.15) is 23.3 Å². The van der Waals surface area contributed by atoms with E-state index in [0.29, 0.717) is 32.8 Å². The molecule has 4 heterocycles. The average Bonchev–Trinajstić information content (AvgIpc) is 3.47. The highest BCUT2D eigenvalue weighted by molar-refractivity contribution is 9.10. The highest BCUT2D eigenvalue weighted by Crippen LogP contribution is 2.37. The molecule has 0 radical (unpaired) electrons. The zero-order valence-electron chi connectivity index (χ0n) is 15.6. The zero-order valence-corrected chi connectivity index (χ0v) is 17.2. The minimum Gasteiger partial charge on any atom is -0.494 e. The quantitative estimate of drug-likeness (QED) is 0.433. The lowest BCUT2D eigenvalue weighted by Crippen LogP contribution is -2.28. The molecule has 0 unspecified atom stereocenters. The van der Waals surface area contributed by atoms with Gasteiger partial charge in [0.2, 0.25) is 0 Å². The summed E-state index contributed by atoms with van der Waals surface area (Å²) in [5.74, 6) is 1.18. The standard InChI is InChI=1S/C19H18BrN7O2/c1-29-13-7-11-10(8-23-26-11)6-12(13)24-17-14-15(20)16(25-18(14)22-9-21-17)19(28)27-4-2-3-5-27/h6-9H,2-5H2,1H3,(H,23,26)(H2,21,22,24,25). The molecule has 1 fully saturated rings. The van der Waals surface area contributed by atoms with Crippen LogP contribution in [0.5, 0.6) is 5.75 Å². The topological polar surface area (TPSA) is 112 Å². The number of halogens is 1. The molecule has 148 valence electrons. The third-order valence-electron chi connectivity index (χ3n) is 5.15. The summed E-state index contributed by atoms with van der Waals surface area (Å²) in [6, 6.07) is 3.81. The van der Waals surface area contributed by atoms with Crippen LogP contribution in [0.25, 0.3) is 21.9 Å². The smallest absolute Gasteiger partial charge is 0.271 e. The van der Waals surface area contributed by atoms with Crippen molar-refractivity contribution in [2.24, 2.45) is 0 Å². The van der Waals surface area contributed by atoms with Gasteiger partial charge in [-0.25, -0.2) is 9.97 Å². The Labute approximate surface area is 174 Å². The van der Waals surface area contributed by atoms with Crippen molar-refractivity contribution in [3.05, 3.63) is 34.8 Å². The van der Waals surface area contributed by atoms with Crippen LogP contribution in [0, 0.1) is 0 Å². The highest BCUT2D eigenvalue weighted by atomic mass is 79.9. The van der Waals surface area contributed by atoms with Crippen LogP contribution in [0.15, 0.2) is 29.1 Å². The van der Waals surface area contributed by atoms with E-state index in [2.05, 4.69) is 46.4 Å². The summed E-state index contributed by atoms with van der Waals surface area (Å²) in [4.78, 5) is 26.6. The number of hydrogen-bond acceptors (Lipinski definition) is 6. The van der Waals surface area contributed by atoms with Gasteiger partial charge in [-0.1, -0.05) is 0 Å². The van der Waals surface area contributed by atoms with Gasteiger partial charge in [0.25, 0.3) is 5.91 Å². The van der Waals surface area contributed by atoms with Crippen molar-refractivity contribution in [2.75, 3.05) is 25.5 Å². The number of hydrogen-bond donors (Lipinski definition) is 3. The van der Waals surface area contributed by atoms with Crippen LogP contribution >= 0.6 is 15.9 Å². The van der Waals surface area contributed by atoms with E-state index in [4.69, 9.17) is 4.74 Å². The Morgan fingerprint density at radius 3 is 2.90 bits per heavy atom. The Balaban J connectivity index is 1.58. The second kappa shape index (κ2) is 7.03. The van der Waals surface area contributed by atoms with Crippen LogP contribution in [0.3, 0.4) is 0 Å². The summed E-state index contributed by atoms with van der Waals surface area (Å²) >= 11 is 3.59. The molecule has 0 atom stereocenters. The van der Waals surface area contributed by atoms with E-state index < -0.39 is 0 Å². The predicted octanol–water partition coefficient (Wildman–Crippen LogP) is 3.58. The number of rotatable bonds is 4. The largest absolute Gasteiger partial charge is 0.494 e. The Bertz CT molecular complexity index is 1230. The molecule has 4 aromatic rings. The Morgan fingerprint density at radius 1 is 1.28 bits per heavy atom. The number of nitrogens with zero attached hydrogens (tertiary/aromatic N) is 4. The molecular formula is C19H18BrN7O2. The van der Waals surface area contributed by atoms with E-state index in [0.717, 1.165) is 42.5 Å². The normalized spacial score (nSPS) is 14.1. The molecule has 3 N–H and O–H groups in total. The number of H-pyrrole nitrogens is 2. The van der Waals surface area contributed by atoms with E-state index in [9.17, 15) is 4.79 Å². The molecule has 1 aliphatic rings. The monoisotopic (exact) mass is 455 g/mol. The molecule has 29 heavy (non-hydrogen) atoms. The van der Waals surface area contributed by atoms with E-state index in [-0.39, 0.29) is 5.91 Å². The number of methoxy groups -OCH3 is 1. The molecule has 5 rings (SSSR count). The third kappa shape index (κ3) is 3.00. The molecular weight excluding hydrogens is 438 g/mol. The van der Waals surface area contributed by atoms with Crippen molar-refractivity contribution in [3.63, 3.8) is 0 Å². The van der Waals surface area contributed by atoms with Gasteiger partial charge in [-0.05, 0) is 34.8 Å². The van der Waals surface area contributed by atoms with Crippen molar-refractivity contribution < 1.29 is 9.53 Å². The van der Waals surface area contributed by atoms with Gasteiger partial charge in [0.05, 0.1) is 34.4 Å². The number of aromatic amines is 2. The fourth-order valence-electron chi connectivity index (χ4n) is 3.67. The fourth-order valence-corrected chi connectivity index (χ4v) is 4.32. The van der Waals surface area contributed by atoms with Crippen molar-refractivity contribution >= 4 is 55.3 Å². The first kappa shape index (κ1) is 17.9. The highest BCUT2D eigenvalue weighted by Gasteiger charge is 2.26. The van der Waals surface area contributed by atoms with Gasteiger partial charge in [-0.3, -0.25) is 9.89 Å². The molecule has 1 saturated heterocycles. The second-order valence-electron chi connectivity index (χ2n) is 6.89. The van der Waals surface area contributed by atoms with Crippen molar-refractivity contribution in [3.8, 4) is 5.75 Å². The molecule has 1 amide bonds. The number of nitrogens with one attached hydrogen (secondary N) is 3. The summed E-state index contributed by atoms with van der Waals surface area (Å²) in [5.41, 5.74) is 2.69. The lowest BCUT2D eigenvalue weighted by atomic mass is 10.2. The first-order valence-electron chi connectivity index (χ1n) is 9.25. The summed E-state index contributed by atoms with van der Waals surface area (Å²) in [5, 5.41) is 12.0. The van der Waals surface area contributed by atoms with E-state index in [1.54, 1.807) is 13.3 Å². The van der Waals surface area contributed by atoms with E-state index in [1.165, 1.54) is 6.33 Å². The van der Waals surface area contributed by atoms with Crippen LogP contribution in [0.4, 0.5) is 11.5 Å². The van der Waals surface area contributed by atoms with Gasteiger partial charge in [0, 0.05) is 24.5 Å². The maximum Gasteiger partial charge on any atom is 0.271 e. The van der Waals surface area contributed by atoms with E-state index >= 15 is 0 Å². The third-order valence-corrected chi connectivity index (χ3v) is 5.94. The maximum atomic E-state index is 12.9. The van der Waals surface area contributed by atoms with Gasteiger partial charge in [-0.2, -0.15) is 5.10 Å². The summed E-state index contributed by atoms with van der Waals surface area (Å²) < 4.78 is 6.16. The Hall–Kier alpha value is -3.14. The minimum absolute atomic E-state index is 0.0317. The molecule has 9 nitrogen and oxygen atoms in total. The van der Waals surface area contributed by atoms with Crippen LogP contribution < -0.4 is 10.1 Å². The Morgan fingerprint density at radius 2 is 2.10 bits per heavy atom. The maximum absolute atomic E-state index is 12.9. The molecule has 0 spiro atoms. The second-order valence-corrected chi connectivity index (χ2v) is 7.69. The number of benzene rings is 1. The fraction of sp³-hybridized carbons (Fsp3) is 0.263. The molecule has 0 bridgehead atoms. The number of amides is 1. The van der Waals surface area contributed by atoms with Crippen molar-refractivity contribution in [1.82, 2.24) is 30.0 Å². The van der Waals surface area contributed by atoms with Crippen molar-refractivity contribution in [1.29, 1.82) is 0 Å². The van der Waals surface area contributed by atoms with Gasteiger partial charge in [0.1, 0.15) is 29.2 Å². The lowest BCUT2D eigenvalue weighted by Gasteiger charge is -2.14. The zero-order chi connectivity index (χ0) is 20.0. The van der Waals surface area contributed by atoms with Gasteiger partial charge >= 0.3 is 0 Å². The number of likely N-dealkylation sites (tertiary alicyclic amines) is 1. The molecule has 10 heteroatoms. The van der Waals surface area contributed by atoms with E-state index in [1.807, 2.05) is 17.0 Å². The summed E-state index contributed by atoms with van der Waals surface area (Å²) in [6.07, 6.45) is 5.27. The average molecular weight is 456 g/mol. The molecule has 1 aromatic carbocycles. The van der Waals surface area contributed by atoms with Gasteiger partial charge in [-0.15, -0.1) is 0 Å². The first-order valence-corrected chi connectivity index (χ1v) is 10.0. The van der Waals surface area contributed by atoms with Crippen molar-refractivity contribution in [2.45, 2.75) is 12.8 Å². The molecule has 3 aromatic heterocycles. The van der Waals surface area contributed by atoms with Crippen LogP contribution in [0.2, 0.25) is 0 Å². The lowest BCUT2D eigenvalue weighted by molar-refractivity contribution is 0.0787. The minimum atomic E-state index is -0.0317. The van der Waals surface area contributed by atoms with Gasteiger partial charge < -0.3 is 19.9 Å². The number of ether oxygens (including phenoxy) is 1. The SMILES string of the molecule is COc1cc2[nH]ncc2cc1Nc1ncnc2[nH]c(C(=O)N3CCCC3)c(Br)c12. The van der Waals surface area contributed by atoms with Crippen LogP contribution in [-0.2, 0) is 0 Å². The summed E-state index contributed by atoms with van der Waals surface area (Å²) in [7, 11) is 1.61. The number of carbonyl (C=O) groups excluding carboxylic acids is 1. The molecule has 0 saturated carbocycles. The Kier molecular flexibility index (Phi) is 4.35. The predicted molar refractivity (Wildman–Crippen MR) is 113 cm³/mol. The number of aromatic nitrogens is 5. The summed E-state index contributed by atoms with van der Waals surface area (Å²) in [6.45, 7) is 1.55. The number of anilines is 2. The van der Waals surface area contributed by atoms with Gasteiger partial charge in [0.15, 0.2) is 0 Å². The number of fused-ring (bicyclic) bond motifs is 2.